The van der Waals surface area contributed by atoms with E-state index in [0.717, 1.165) is 18.8 Å². The number of aliphatic hydroxyl groups is 1. The second-order valence-corrected chi connectivity index (χ2v) is 5.81. The quantitative estimate of drug-likeness (QED) is 0.759. The molecule has 0 fully saturated rings. The van der Waals surface area contributed by atoms with Crippen LogP contribution < -0.4 is 10.1 Å². The van der Waals surface area contributed by atoms with Gasteiger partial charge in [-0.05, 0) is 43.5 Å². The van der Waals surface area contributed by atoms with Crippen molar-refractivity contribution in [3.8, 4) is 5.75 Å². The van der Waals surface area contributed by atoms with Gasteiger partial charge in [0, 0.05) is 6.54 Å². The second kappa shape index (κ2) is 7.51. The van der Waals surface area contributed by atoms with Gasteiger partial charge in [0.1, 0.15) is 12.4 Å². The third kappa shape index (κ3) is 6.60. The zero-order chi connectivity index (χ0) is 14.3. The van der Waals surface area contributed by atoms with Gasteiger partial charge in [0.25, 0.3) is 0 Å². The Labute approximate surface area is 117 Å². The molecule has 0 aliphatic carbocycles. The van der Waals surface area contributed by atoms with Crippen molar-refractivity contribution < 1.29 is 9.84 Å². The minimum atomic E-state index is -0.758. The molecule has 0 heterocycles. The summed E-state index contributed by atoms with van der Waals surface area (Å²) in [5.74, 6) is 1.47. The number of rotatable bonds is 8. The van der Waals surface area contributed by atoms with Crippen LogP contribution in [0.15, 0.2) is 24.3 Å². The van der Waals surface area contributed by atoms with Gasteiger partial charge in [-0.3, -0.25) is 0 Å². The van der Waals surface area contributed by atoms with E-state index in [0.29, 0.717) is 18.9 Å². The van der Waals surface area contributed by atoms with Crippen molar-refractivity contribution >= 4 is 0 Å². The van der Waals surface area contributed by atoms with E-state index in [2.05, 4.69) is 25.2 Å². The summed E-state index contributed by atoms with van der Waals surface area (Å²) in [7, 11) is 0. The van der Waals surface area contributed by atoms with E-state index in [-0.39, 0.29) is 0 Å². The lowest BCUT2D eigenvalue weighted by atomic mass is 10.1. The molecule has 0 aliphatic rings. The van der Waals surface area contributed by atoms with Crippen LogP contribution in [0.3, 0.4) is 0 Å². The third-order valence-corrected chi connectivity index (χ3v) is 3.09. The van der Waals surface area contributed by atoms with Gasteiger partial charge in [0.15, 0.2) is 0 Å². The molecular formula is C16H27NO2. The predicted molar refractivity (Wildman–Crippen MR) is 79.4 cm³/mol. The van der Waals surface area contributed by atoms with Crippen molar-refractivity contribution in [2.45, 2.75) is 46.3 Å². The van der Waals surface area contributed by atoms with E-state index in [4.69, 9.17) is 4.74 Å². The van der Waals surface area contributed by atoms with Crippen LogP contribution in [0.1, 0.15) is 39.7 Å². The molecule has 0 spiro atoms. The molecule has 3 nitrogen and oxygen atoms in total. The molecule has 1 rings (SSSR count). The molecule has 1 aromatic carbocycles. The number of nitrogens with one attached hydrogen (secondary N) is 1. The average Bonchev–Trinajstić information content (AvgIpc) is 2.37. The highest BCUT2D eigenvalue weighted by Crippen LogP contribution is 2.16. The Balaban J connectivity index is 2.48. The molecular weight excluding hydrogens is 238 g/mol. The van der Waals surface area contributed by atoms with E-state index >= 15 is 0 Å². The van der Waals surface area contributed by atoms with Gasteiger partial charge >= 0.3 is 0 Å². The van der Waals surface area contributed by atoms with Crippen LogP contribution >= 0.6 is 0 Å². The number of hydrogen-bond donors (Lipinski definition) is 2. The first-order valence-corrected chi connectivity index (χ1v) is 7.08. The number of hydrogen-bond acceptors (Lipinski definition) is 3. The number of benzene rings is 1. The largest absolute Gasteiger partial charge is 0.491 e. The first-order valence-electron chi connectivity index (χ1n) is 7.08. The lowest BCUT2D eigenvalue weighted by Gasteiger charge is -2.21. The fraction of sp³-hybridized carbons (Fsp3) is 0.625. The fourth-order valence-electron chi connectivity index (χ4n) is 1.59. The van der Waals surface area contributed by atoms with Crippen molar-refractivity contribution in [1.29, 1.82) is 0 Å². The van der Waals surface area contributed by atoms with E-state index in [9.17, 15) is 5.11 Å². The zero-order valence-corrected chi connectivity index (χ0v) is 12.6. The van der Waals surface area contributed by atoms with Crippen molar-refractivity contribution in [3.05, 3.63) is 29.8 Å². The van der Waals surface area contributed by atoms with Gasteiger partial charge in [-0.15, -0.1) is 0 Å². The molecule has 3 heteroatoms. The molecule has 0 bridgehead atoms. The normalized spacial score (nSPS) is 14.4. The molecule has 108 valence electrons. The van der Waals surface area contributed by atoms with Crippen molar-refractivity contribution in [2.24, 2.45) is 5.92 Å². The Hall–Kier alpha value is -1.06. The lowest BCUT2D eigenvalue weighted by molar-refractivity contribution is 0.00844. The Bertz CT molecular complexity index is 375. The Morgan fingerprint density at radius 3 is 2.74 bits per heavy atom. The first kappa shape index (κ1) is 16.0. The highest BCUT2D eigenvalue weighted by atomic mass is 16.5. The van der Waals surface area contributed by atoms with Crippen LogP contribution in [0.5, 0.6) is 5.75 Å². The molecule has 1 atom stereocenters. The minimum absolute atomic E-state index is 0.326. The van der Waals surface area contributed by atoms with Crippen LogP contribution in [-0.2, 0) is 6.54 Å². The van der Waals surface area contributed by atoms with Gasteiger partial charge < -0.3 is 15.2 Å². The highest BCUT2D eigenvalue weighted by molar-refractivity contribution is 5.28. The summed E-state index contributed by atoms with van der Waals surface area (Å²) in [6.45, 7) is 10.3. The van der Waals surface area contributed by atoms with Gasteiger partial charge in [-0.2, -0.15) is 0 Å². The lowest BCUT2D eigenvalue weighted by Crippen LogP contribution is -2.31. The van der Waals surface area contributed by atoms with E-state index in [1.165, 1.54) is 5.56 Å². The molecule has 0 saturated heterocycles. The van der Waals surface area contributed by atoms with Gasteiger partial charge in [0.2, 0.25) is 0 Å². The minimum Gasteiger partial charge on any atom is -0.491 e. The van der Waals surface area contributed by atoms with Crippen molar-refractivity contribution in [3.63, 3.8) is 0 Å². The van der Waals surface area contributed by atoms with Gasteiger partial charge in [-0.1, -0.05) is 32.9 Å². The van der Waals surface area contributed by atoms with Crippen LogP contribution in [0.4, 0.5) is 0 Å². The van der Waals surface area contributed by atoms with Crippen molar-refractivity contribution in [2.75, 3.05) is 13.2 Å². The van der Waals surface area contributed by atoms with Crippen LogP contribution in [0.2, 0.25) is 0 Å². The monoisotopic (exact) mass is 265 g/mol. The smallest absolute Gasteiger partial charge is 0.119 e. The van der Waals surface area contributed by atoms with Gasteiger partial charge in [0.05, 0.1) is 5.60 Å². The standard InChI is InChI=1S/C16H27NO2/c1-5-16(4,18)12-19-15-8-6-7-14(9-15)11-17-10-13(2)3/h6-9,13,17-18H,5,10-12H2,1-4H3. The SMILES string of the molecule is CCC(C)(O)COc1cccc(CNCC(C)C)c1. The summed E-state index contributed by atoms with van der Waals surface area (Å²) in [6, 6.07) is 8.03. The molecule has 0 aromatic heterocycles. The van der Waals surface area contributed by atoms with Crippen LogP contribution in [0.25, 0.3) is 0 Å². The maximum absolute atomic E-state index is 9.92. The summed E-state index contributed by atoms with van der Waals surface area (Å²) in [4.78, 5) is 0. The second-order valence-electron chi connectivity index (χ2n) is 5.81. The summed E-state index contributed by atoms with van der Waals surface area (Å²) >= 11 is 0. The van der Waals surface area contributed by atoms with E-state index in [1.807, 2.05) is 25.1 Å². The fourth-order valence-corrected chi connectivity index (χ4v) is 1.59. The molecule has 19 heavy (non-hydrogen) atoms. The molecule has 0 aliphatic heterocycles. The summed E-state index contributed by atoms with van der Waals surface area (Å²) in [5, 5.41) is 13.3. The summed E-state index contributed by atoms with van der Waals surface area (Å²) in [6.07, 6.45) is 0.683. The summed E-state index contributed by atoms with van der Waals surface area (Å²) < 4.78 is 5.65. The van der Waals surface area contributed by atoms with E-state index < -0.39 is 5.60 Å². The maximum atomic E-state index is 9.92. The van der Waals surface area contributed by atoms with Crippen LogP contribution in [-0.4, -0.2) is 23.9 Å². The molecule has 0 amide bonds. The zero-order valence-electron chi connectivity index (χ0n) is 12.6. The van der Waals surface area contributed by atoms with Crippen molar-refractivity contribution in [1.82, 2.24) is 5.32 Å². The Morgan fingerprint density at radius 2 is 2.11 bits per heavy atom. The molecule has 0 radical (unpaired) electrons. The van der Waals surface area contributed by atoms with Crippen LogP contribution in [0, 0.1) is 5.92 Å². The molecule has 1 unspecified atom stereocenters. The number of ether oxygens (including phenoxy) is 1. The average molecular weight is 265 g/mol. The molecule has 0 saturated carbocycles. The Morgan fingerprint density at radius 1 is 1.37 bits per heavy atom. The summed E-state index contributed by atoms with van der Waals surface area (Å²) in [5.41, 5.74) is 0.445. The maximum Gasteiger partial charge on any atom is 0.119 e. The highest BCUT2D eigenvalue weighted by Gasteiger charge is 2.18. The third-order valence-electron chi connectivity index (χ3n) is 3.09. The Kier molecular flexibility index (Phi) is 6.32. The van der Waals surface area contributed by atoms with Gasteiger partial charge in [-0.25, -0.2) is 0 Å². The molecule has 1 aromatic rings. The first-order chi connectivity index (χ1) is 8.93. The predicted octanol–water partition coefficient (Wildman–Crippen LogP) is 2.97. The molecule has 2 N–H and O–H groups in total. The van der Waals surface area contributed by atoms with E-state index in [1.54, 1.807) is 6.92 Å². The topological polar surface area (TPSA) is 41.5 Å².